The molecule has 1 aliphatic heterocycles. The molecule has 0 bridgehead atoms. The van der Waals surface area contributed by atoms with E-state index in [0.717, 1.165) is 28.9 Å². The molecular weight excluding hydrogens is 422 g/mol. The lowest BCUT2D eigenvalue weighted by atomic mass is 9.96. The molecule has 4 rings (SSSR count). The Hall–Kier alpha value is -3.75. The molecule has 0 spiro atoms. The van der Waals surface area contributed by atoms with Crippen LogP contribution >= 0.6 is 0 Å². The minimum absolute atomic E-state index is 0.284. The van der Waals surface area contributed by atoms with Crippen molar-refractivity contribution in [3.63, 3.8) is 0 Å². The summed E-state index contributed by atoms with van der Waals surface area (Å²) in [5.41, 5.74) is 4.69. The Balaban J connectivity index is 1.43. The van der Waals surface area contributed by atoms with Gasteiger partial charge in [-0.15, -0.1) is 5.10 Å². The Labute approximate surface area is 192 Å². The minimum atomic E-state index is -0.508. The molecule has 0 unspecified atom stereocenters. The quantitative estimate of drug-likeness (QED) is 0.562. The van der Waals surface area contributed by atoms with Crippen LogP contribution in [0.5, 0.6) is 0 Å². The van der Waals surface area contributed by atoms with E-state index in [0.29, 0.717) is 25.2 Å². The topological polar surface area (TPSA) is 99.4 Å². The molecule has 1 aromatic carbocycles. The van der Waals surface area contributed by atoms with E-state index in [9.17, 15) is 9.59 Å². The number of hydrogen-bond donors (Lipinski definition) is 0. The molecule has 9 nitrogen and oxygen atoms in total. The highest BCUT2D eigenvalue weighted by Gasteiger charge is 2.26. The van der Waals surface area contributed by atoms with Crippen molar-refractivity contribution in [2.75, 3.05) is 13.7 Å². The van der Waals surface area contributed by atoms with E-state index < -0.39 is 11.6 Å². The van der Waals surface area contributed by atoms with E-state index in [4.69, 9.17) is 9.47 Å². The monoisotopic (exact) mass is 449 g/mol. The van der Waals surface area contributed by atoms with Gasteiger partial charge in [0.1, 0.15) is 11.3 Å². The van der Waals surface area contributed by atoms with Crippen molar-refractivity contribution in [1.29, 1.82) is 0 Å². The molecule has 172 valence electrons. The highest BCUT2D eigenvalue weighted by molar-refractivity contribution is 5.88. The summed E-state index contributed by atoms with van der Waals surface area (Å²) in [7, 11) is 1.34. The zero-order valence-electron chi connectivity index (χ0n) is 19.2. The molecule has 0 saturated heterocycles. The lowest BCUT2D eigenvalue weighted by molar-refractivity contribution is 0.0224. The molecule has 2 aromatic heterocycles. The molecule has 0 N–H and O–H groups in total. The van der Waals surface area contributed by atoms with Crippen LogP contribution in [-0.2, 0) is 29.0 Å². The van der Waals surface area contributed by atoms with E-state index in [-0.39, 0.29) is 6.09 Å². The van der Waals surface area contributed by atoms with Gasteiger partial charge in [-0.2, -0.15) is 0 Å². The maximum atomic E-state index is 12.4. The number of pyridine rings is 1. The Kier molecular flexibility index (Phi) is 6.13. The number of carbonyl (C=O) groups excluding carboxylic acids is 2. The highest BCUT2D eigenvalue weighted by atomic mass is 16.6. The first-order valence-electron chi connectivity index (χ1n) is 10.8. The summed E-state index contributed by atoms with van der Waals surface area (Å²) in [5.74, 6) is -0.418. The highest BCUT2D eigenvalue weighted by Crippen LogP contribution is 2.26. The first kappa shape index (κ1) is 22.4. The van der Waals surface area contributed by atoms with Gasteiger partial charge in [0, 0.05) is 24.8 Å². The average molecular weight is 450 g/mol. The Bertz CT molecular complexity index is 1160. The van der Waals surface area contributed by atoms with Crippen molar-refractivity contribution in [1.82, 2.24) is 24.9 Å². The summed E-state index contributed by atoms with van der Waals surface area (Å²) in [6.07, 6.45) is 3.83. The van der Waals surface area contributed by atoms with Crippen LogP contribution in [0, 0.1) is 0 Å². The maximum absolute atomic E-state index is 12.4. The van der Waals surface area contributed by atoms with Crippen LogP contribution in [0.15, 0.2) is 42.7 Å². The summed E-state index contributed by atoms with van der Waals surface area (Å²) in [6, 6.07) is 9.58. The number of benzene rings is 1. The summed E-state index contributed by atoms with van der Waals surface area (Å²) >= 11 is 0. The van der Waals surface area contributed by atoms with Crippen LogP contribution in [0.2, 0.25) is 0 Å². The Morgan fingerprint density at radius 1 is 1.12 bits per heavy atom. The number of aromatic nitrogens is 4. The van der Waals surface area contributed by atoms with Crippen LogP contribution in [0.3, 0.4) is 0 Å². The van der Waals surface area contributed by atoms with Gasteiger partial charge in [-0.25, -0.2) is 14.3 Å². The zero-order chi connectivity index (χ0) is 23.6. The normalized spacial score (nSPS) is 13.4. The number of esters is 1. The largest absolute Gasteiger partial charge is 0.465 e. The van der Waals surface area contributed by atoms with Crippen molar-refractivity contribution in [2.24, 2.45) is 0 Å². The van der Waals surface area contributed by atoms with Gasteiger partial charge in [-0.3, -0.25) is 4.98 Å². The summed E-state index contributed by atoms with van der Waals surface area (Å²) in [6.45, 7) is 7.20. The van der Waals surface area contributed by atoms with E-state index in [1.165, 1.54) is 18.9 Å². The SMILES string of the molecule is COC(=O)c1ccc(Cn2cc(-c3ccc4c(c3)CCN(C(=O)OC(C)(C)C)C4)nn2)nc1. The van der Waals surface area contributed by atoms with Crippen LogP contribution in [-0.4, -0.2) is 56.2 Å². The average Bonchev–Trinajstić information content (AvgIpc) is 3.25. The lowest BCUT2D eigenvalue weighted by Gasteiger charge is -2.31. The van der Waals surface area contributed by atoms with Gasteiger partial charge in [-0.1, -0.05) is 17.3 Å². The van der Waals surface area contributed by atoms with Crippen molar-refractivity contribution in [3.05, 3.63) is 65.1 Å². The second-order valence-corrected chi connectivity index (χ2v) is 8.97. The van der Waals surface area contributed by atoms with E-state index in [2.05, 4.69) is 21.4 Å². The van der Waals surface area contributed by atoms with Gasteiger partial charge in [0.05, 0.1) is 31.1 Å². The number of amides is 1. The Morgan fingerprint density at radius 3 is 2.64 bits per heavy atom. The summed E-state index contributed by atoms with van der Waals surface area (Å²) in [4.78, 5) is 30.0. The Morgan fingerprint density at radius 2 is 1.94 bits per heavy atom. The van der Waals surface area contributed by atoms with Gasteiger partial charge in [-0.05, 0) is 56.5 Å². The van der Waals surface area contributed by atoms with Gasteiger partial charge >= 0.3 is 12.1 Å². The fourth-order valence-electron chi connectivity index (χ4n) is 3.63. The standard InChI is InChI=1S/C24H27N5O4/c1-24(2,3)33-23(31)28-10-9-16-11-17(5-6-19(16)13-28)21-15-29(27-26-21)14-20-8-7-18(12-25-20)22(30)32-4/h5-8,11-12,15H,9-10,13-14H2,1-4H3. The van der Waals surface area contributed by atoms with Crippen LogP contribution in [0.25, 0.3) is 11.3 Å². The predicted octanol–water partition coefficient (Wildman–Crippen LogP) is 3.47. The number of ether oxygens (including phenoxy) is 2. The molecule has 0 fully saturated rings. The van der Waals surface area contributed by atoms with Crippen molar-refractivity contribution >= 4 is 12.1 Å². The third-order valence-corrected chi connectivity index (χ3v) is 5.27. The lowest BCUT2D eigenvalue weighted by Crippen LogP contribution is -2.39. The minimum Gasteiger partial charge on any atom is -0.465 e. The predicted molar refractivity (Wildman–Crippen MR) is 120 cm³/mol. The van der Waals surface area contributed by atoms with E-state index >= 15 is 0 Å². The first-order chi connectivity index (χ1) is 15.7. The number of nitrogens with zero attached hydrogens (tertiary/aromatic N) is 5. The first-order valence-corrected chi connectivity index (χ1v) is 10.8. The van der Waals surface area contributed by atoms with Gasteiger partial charge in [0.2, 0.25) is 0 Å². The number of fused-ring (bicyclic) bond motifs is 1. The van der Waals surface area contributed by atoms with Gasteiger partial charge in [0.25, 0.3) is 0 Å². The number of carbonyl (C=O) groups is 2. The van der Waals surface area contributed by atoms with Gasteiger partial charge in [0.15, 0.2) is 0 Å². The number of rotatable bonds is 4. The van der Waals surface area contributed by atoms with Crippen molar-refractivity contribution in [3.8, 4) is 11.3 Å². The molecule has 9 heteroatoms. The third kappa shape index (κ3) is 5.36. The molecule has 0 radical (unpaired) electrons. The molecular formula is C24H27N5O4. The smallest absolute Gasteiger partial charge is 0.410 e. The second kappa shape index (κ2) is 9.01. The van der Waals surface area contributed by atoms with E-state index in [1.807, 2.05) is 39.1 Å². The molecule has 33 heavy (non-hydrogen) atoms. The molecule has 0 atom stereocenters. The van der Waals surface area contributed by atoms with Crippen LogP contribution in [0.4, 0.5) is 4.79 Å². The van der Waals surface area contributed by atoms with Crippen LogP contribution < -0.4 is 0 Å². The zero-order valence-corrected chi connectivity index (χ0v) is 19.2. The summed E-state index contributed by atoms with van der Waals surface area (Å²) in [5, 5.41) is 8.51. The fourth-order valence-corrected chi connectivity index (χ4v) is 3.63. The number of hydrogen-bond acceptors (Lipinski definition) is 7. The molecule has 1 amide bonds. The maximum Gasteiger partial charge on any atom is 0.410 e. The van der Waals surface area contributed by atoms with Gasteiger partial charge < -0.3 is 14.4 Å². The molecule has 0 aliphatic carbocycles. The molecule has 3 heterocycles. The molecule has 0 saturated carbocycles. The number of methoxy groups -OCH3 is 1. The molecule has 3 aromatic rings. The third-order valence-electron chi connectivity index (χ3n) is 5.27. The second-order valence-electron chi connectivity index (χ2n) is 8.97. The summed E-state index contributed by atoms with van der Waals surface area (Å²) < 4.78 is 11.9. The van der Waals surface area contributed by atoms with Crippen LogP contribution in [0.1, 0.15) is 48.0 Å². The van der Waals surface area contributed by atoms with E-state index in [1.54, 1.807) is 21.7 Å². The van der Waals surface area contributed by atoms with Crippen molar-refractivity contribution in [2.45, 2.75) is 45.9 Å². The fraction of sp³-hybridized carbons (Fsp3) is 0.375. The molecule has 1 aliphatic rings. The van der Waals surface area contributed by atoms with Crippen molar-refractivity contribution < 1.29 is 19.1 Å².